The van der Waals surface area contributed by atoms with E-state index in [4.69, 9.17) is 21.7 Å². The number of rotatable bonds is 8. The van der Waals surface area contributed by atoms with Crippen LogP contribution in [0.2, 0.25) is 0 Å². The van der Waals surface area contributed by atoms with E-state index in [0.29, 0.717) is 22.7 Å². The molecule has 1 fully saturated rings. The maximum atomic E-state index is 12.7. The molecular formula is C24H23N3O5S. The molecule has 3 rings (SSSR count). The minimum absolute atomic E-state index is 0.0345. The number of hydrogen-bond acceptors (Lipinski definition) is 6. The zero-order chi connectivity index (χ0) is 24.0. The summed E-state index contributed by atoms with van der Waals surface area (Å²) in [4.78, 5) is 38.4. The second kappa shape index (κ2) is 10.6. The second-order valence-electron chi connectivity index (χ2n) is 7.13. The van der Waals surface area contributed by atoms with Gasteiger partial charge < -0.3 is 14.8 Å². The molecule has 0 aliphatic carbocycles. The molecule has 9 heteroatoms. The van der Waals surface area contributed by atoms with Crippen LogP contribution in [0.3, 0.4) is 0 Å². The quantitative estimate of drug-likeness (QED) is 0.269. The van der Waals surface area contributed by atoms with Crippen molar-refractivity contribution in [3.05, 3.63) is 71.8 Å². The van der Waals surface area contributed by atoms with E-state index in [1.54, 1.807) is 18.2 Å². The van der Waals surface area contributed by atoms with Crippen LogP contribution in [0.15, 0.2) is 60.7 Å². The Morgan fingerprint density at radius 2 is 1.91 bits per heavy atom. The lowest BCUT2D eigenvalue weighted by Crippen LogP contribution is -2.53. The third-order valence-electron chi connectivity index (χ3n) is 4.69. The molecule has 2 N–H and O–H groups in total. The van der Waals surface area contributed by atoms with E-state index >= 15 is 0 Å². The second-order valence-corrected chi connectivity index (χ2v) is 7.52. The summed E-state index contributed by atoms with van der Waals surface area (Å²) in [5.74, 6) is -0.745. The van der Waals surface area contributed by atoms with E-state index in [2.05, 4.69) is 17.2 Å². The molecule has 3 amide bonds. The van der Waals surface area contributed by atoms with Crippen LogP contribution in [-0.4, -0.2) is 48.0 Å². The monoisotopic (exact) mass is 465 g/mol. The lowest BCUT2D eigenvalue weighted by molar-refractivity contribution is -0.128. The molecule has 0 spiro atoms. The number of hydrogen-bond donors (Lipinski definition) is 2. The highest BCUT2D eigenvalue weighted by atomic mass is 32.1. The van der Waals surface area contributed by atoms with Gasteiger partial charge >= 0.3 is 0 Å². The lowest BCUT2D eigenvalue weighted by atomic mass is 10.1. The number of carbonyl (C=O) groups is 3. The largest absolute Gasteiger partial charge is 0.493 e. The first-order valence-electron chi connectivity index (χ1n) is 9.99. The highest BCUT2D eigenvalue weighted by Crippen LogP contribution is 2.29. The Morgan fingerprint density at radius 1 is 1.18 bits per heavy atom. The molecule has 1 heterocycles. The van der Waals surface area contributed by atoms with E-state index in [9.17, 15) is 14.4 Å². The van der Waals surface area contributed by atoms with Crippen molar-refractivity contribution in [3.63, 3.8) is 0 Å². The minimum atomic E-state index is -0.586. The van der Waals surface area contributed by atoms with Crippen molar-refractivity contribution in [1.29, 1.82) is 0 Å². The Morgan fingerprint density at radius 3 is 2.58 bits per heavy atom. The number of ether oxygens (including phenoxy) is 2. The number of benzene rings is 2. The van der Waals surface area contributed by atoms with Crippen molar-refractivity contribution in [2.24, 2.45) is 0 Å². The van der Waals surface area contributed by atoms with Gasteiger partial charge in [0.05, 0.1) is 7.11 Å². The molecule has 8 nitrogen and oxygen atoms in total. The highest BCUT2D eigenvalue weighted by Gasteiger charge is 2.32. The average Bonchev–Trinajstić information content (AvgIpc) is 2.80. The first-order valence-corrected chi connectivity index (χ1v) is 10.4. The topological polar surface area (TPSA) is 97.0 Å². The number of thiocarbonyl (C=S) groups is 1. The molecule has 0 unspecified atom stereocenters. The van der Waals surface area contributed by atoms with E-state index in [0.717, 1.165) is 5.56 Å². The number of methoxy groups -OCH3 is 1. The zero-order valence-electron chi connectivity index (χ0n) is 18.2. The van der Waals surface area contributed by atoms with Crippen molar-refractivity contribution in [3.8, 4) is 11.5 Å². The number of aryl methyl sites for hydroxylation is 1. The summed E-state index contributed by atoms with van der Waals surface area (Å²) in [5.41, 5.74) is 2.22. The van der Waals surface area contributed by atoms with Crippen molar-refractivity contribution in [2.45, 2.75) is 6.92 Å². The summed E-state index contributed by atoms with van der Waals surface area (Å²) in [6, 6.07) is 12.3. The number of anilines is 1. The van der Waals surface area contributed by atoms with E-state index < -0.39 is 11.8 Å². The third-order valence-corrected chi connectivity index (χ3v) is 5.01. The van der Waals surface area contributed by atoms with Crippen molar-refractivity contribution < 1.29 is 23.9 Å². The van der Waals surface area contributed by atoms with Gasteiger partial charge in [-0.3, -0.25) is 24.6 Å². The van der Waals surface area contributed by atoms with Gasteiger partial charge in [-0.1, -0.05) is 29.8 Å². The van der Waals surface area contributed by atoms with Gasteiger partial charge in [-0.25, -0.2) is 0 Å². The standard InChI is InChI=1S/C24H23N3O5S/c1-4-11-27-23(30)18(22(29)26-24(27)33)12-16-7-10-19(20(13-16)31-3)32-14-21(28)25-17-8-5-15(2)6-9-17/h4-10,12-13H,1,11,14H2,2-3H3,(H,25,28)(H,26,29,33)/b18-12+. The summed E-state index contributed by atoms with van der Waals surface area (Å²) in [7, 11) is 1.45. The number of nitrogens with zero attached hydrogens (tertiary/aromatic N) is 1. The van der Waals surface area contributed by atoms with Gasteiger partial charge in [0.15, 0.2) is 23.2 Å². The van der Waals surface area contributed by atoms with Crippen LogP contribution < -0.4 is 20.1 Å². The summed E-state index contributed by atoms with van der Waals surface area (Å²) < 4.78 is 10.9. The van der Waals surface area contributed by atoms with Gasteiger partial charge in [-0.15, -0.1) is 6.58 Å². The van der Waals surface area contributed by atoms with Gasteiger partial charge in [-0.05, 0) is 55.0 Å². The molecule has 1 saturated heterocycles. The molecule has 170 valence electrons. The average molecular weight is 466 g/mol. The molecule has 0 aromatic heterocycles. The fraction of sp³-hybridized carbons (Fsp3) is 0.167. The van der Waals surface area contributed by atoms with Gasteiger partial charge in [0.2, 0.25) is 0 Å². The lowest BCUT2D eigenvalue weighted by Gasteiger charge is -2.27. The molecule has 0 radical (unpaired) electrons. The predicted octanol–water partition coefficient (Wildman–Crippen LogP) is 2.83. The normalized spacial score (nSPS) is 14.7. The fourth-order valence-corrected chi connectivity index (χ4v) is 3.28. The molecular weight excluding hydrogens is 442 g/mol. The Balaban J connectivity index is 1.72. The predicted molar refractivity (Wildman–Crippen MR) is 129 cm³/mol. The Labute approximate surface area is 196 Å². The number of amides is 3. The first kappa shape index (κ1) is 23.7. The van der Waals surface area contributed by atoms with Crippen LogP contribution in [0, 0.1) is 6.92 Å². The molecule has 33 heavy (non-hydrogen) atoms. The maximum Gasteiger partial charge on any atom is 0.265 e. The van der Waals surface area contributed by atoms with Gasteiger partial charge in [0.1, 0.15) is 5.57 Å². The fourth-order valence-electron chi connectivity index (χ4n) is 3.03. The summed E-state index contributed by atoms with van der Waals surface area (Å²) >= 11 is 5.05. The summed E-state index contributed by atoms with van der Waals surface area (Å²) in [6.45, 7) is 5.51. The molecule has 2 aromatic rings. The van der Waals surface area contributed by atoms with Gasteiger partial charge in [0.25, 0.3) is 17.7 Å². The van der Waals surface area contributed by atoms with Crippen LogP contribution >= 0.6 is 12.2 Å². The first-order chi connectivity index (χ1) is 15.8. The van der Waals surface area contributed by atoms with Crippen LogP contribution in [0.1, 0.15) is 11.1 Å². The maximum absolute atomic E-state index is 12.7. The smallest absolute Gasteiger partial charge is 0.265 e. The van der Waals surface area contributed by atoms with Crippen LogP contribution in [0.4, 0.5) is 5.69 Å². The van der Waals surface area contributed by atoms with Crippen LogP contribution in [0.5, 0.6) is 11.5 Å². The van der Waals surface area contributed by atoms with Crippen molar-refractivity contribution >= 4 is 46.8 Å². The SMILES string of the molecule is C=CCN1C(=O)/C(=C/c2ccc(OCC(=O)Nc3ccc(C)cc3)c(OC)c2)C(=O)NC1=S. The van der Waals surface area contributed by atoms with Crippen molar-refractivity contribution in [2.75, 3.05) is 25.6 Å². The Bertz CT molecular complexity index is 1140. The Hall–Kier alpha value is -3.98. The molecule has 1 aliphatic rings. The molecule has 0 bridgehead atoms. The summed E-state index contributed by atoms with van der Waals surface area (Å²) in [6.07, 6.45) is 2.95. The number of nitrogens with one attached hydrogen (secondary N) is 2. The molecule has 2 aromatic carbocycles. The zero-order valence-corrected chi connectivity index (χ0v) is 19.0. The van der Waals surface area contributed by atoms with E-state index in [1.165, 1.54) is 24.2 Å². The van der Waals surface area contributed by atoms with Crippen LogP contribution in [-0.2, 0) is 14.4 Å². The van der Waals surface area contributed by atoms with Gasteiger partial charge in [0, 0.05) is 12.2 Å². The third kappa shape index (κ3) is 5.83. The highest BCUT2D eigenvalue weighted by molar-refractivity contribution is 7.80. The van der Waals surface area contributed by atoms with E-state index in [1.807, 2.05) is 31.2 Å². The van der Waals surface area contributed by atoms with Gasteiger partial charge in [-0.2, -0.15) is 0 Å². The Kier molecular flexibility index (Phi) is 7.57. The van der Waals surface area contributed by atoms with Crippen molar-refractivity contribution in [1.82, 2.24) is 10.2 Å². The minimum Gasteiger partial charge on any atom is -0.493 e. The molecule has 1 aliphatic heterocycles. The van der Waals surface area contributed by atoms with Crippen LogP contribution in [0.25, 0.3) is 6.08 Å². The number of carbonyl (C=O) groups excluding carboxylic acids is 3. The molecule has 0 atom stereocenters. The van der Waals surface area contributed by atoms with E-state index in [-0.39, 0.29) is 29.7 Å². The molecule has 0 saturated carbocycles. The summed E-state index contributed by atoms with van der Waals surface area (Å²) in [5, 5.41) is 5.28.